The standard InChI is InChI=1S/C26H21N3O2/c30-26-17(16-31-23-11-4-2-8-20(23)26)15-29-14-12-19-18-7-1-3-9-21(18)28-24(19)25(29)22-10-5-6-13-27-22/h1-11,13,16,25,28H,12,14-15H2/t25-/m1/s1. The summed E-state index contributed by atoms with van der Waals surface area (Å²) < 4.78 is 5.77. The smallest absolute Gasteiger partial charge is 0.197 e. The van der Waals surface area contributed by atoms with Gasteiger partial charge in [-0.05, 0) is 42.3 Å². The van der Waals surface area contributed by atoms with E-state index in [0.717, 1.165) is 29.9 Å². The van der Waals surface area contributed by atoms with Crippen molar-refractivity contribution >= 4 is 21.9 Å². The number of para-hydroxylation sites is 2. The van der Waals surface area contributed by atoms with Gasteiger partial charge in [0.15, 0.2) is 5.43 Å². The molecule has 0 spiro atoms. The molecule has 5 heteroatoms. The van der Waals surface area contributed by atoms with Crippen molar-refractivity contribution in [2.45, 2.75) is 19.0 Å². The SMILES string of the molecule is O=c1c(CN2CCc3c([nH]c4ccccc34)[C@H]2c2ccccn2)coc2ccccc12. The van der Waals surface area contributed by atoms with Crippen LogP contribution in [0.5, 0.6) is 0 Å². The van der Waals surface area contributed by atoms with Gasteiger partial charge in [0.25, 0.3) is 0 Å². The van der Waals surface area contributed by atoms with Crippen LogP contribution in [0.2, 0.25) is 0 Å². The van der Waals surface area contributed by atoms with Crippen molar-refractivity contribution in [2.75, 3.05) is 6.54 Å². The van der Waals surface area contributed by atoms with Crippen LogP contribution >= 0.6 is 0 Å². The molecule has 0 saturated carbocycles. The maximum Gasteiger partial charge on any atom is 0.197 e. The van der Waals surface area contributed by atoms with Crippen LogP contribution in [-0.2, 0) is 13.0 Å². The predicted octanol–water partition coefficient (Wildman–Crippen LogP) is 4.82. The Labute approximate surface area is 179 Å². The maximum absolute atomic E-state index is 13.1. The Balaban J connectivity index is 1.47. The molecular weight excluding hydrogens is 386 g/mol. The van der Waals surface area contributed by atoms with Crippen LogP contribution in [-0.4, -0.2) is 21.4 Å². The number of rotatable bonds is 3. The van der Waals surface area contributed by atoms with E-state index >= 15 is 0 Å². The molecule has 0 amide bonds. The average Bonchev–Trinajstić information content (AvgIpc) is 3.20. The molecule has 2 aromatic carbocycles. The predicted molar refractivity (Wildman–Crippen MR) is 121 cm³/mol. The van der Waals surface area contributed by atoms with Gasteiger partial charge in [0.1, 0.15) is 5.58 Å². The summed E-state index contributed by atoms with van der Waals surface area (Å²) in [6, 6.07) is 21.8. The summed E-state index contributed by atoms with van der Waals surface area (Å²) in [4.78, 5) is 23.8. The number of benzene rings is 2. The molecule has 1 aliphatic rings. The first kappa shape index (κ1) is 18.1. The van der Waals surface area contributed by atoms with E-state index < -0.39 is 0 Å². The molecule has 5 nitrogen and oxygen atoms in total. The van der Waals surface area contributed by atoms with Crippen LogP contribution < -0.4 is 5.43 Å². The molecule has 0 radical (unpaired) electrons. The first-order chi connectivity index (χ1) is 15.3. The normalized spacial score (nSPS) is 16.6. The highest BCUT2D eigenvalue weighted by atomic mass is 16.3. The summed E-state index contributed by atoms with van der Waals surface area (Å²) in [5.74, 6) is 0. The van der Waals surface area contributed by atoms with Crippen molar-refractivity contribution in [3.05, 3.63) is 112 Å². The van der Waals surface area contributed by atoms with E-state index in [9.17, 15) is 4.79 Å². The fraction of sp³-hybridized carbons (Fsp3) is 0.154. The van der Waals surface area contributed by atoms with E-state index in [2.05, 4.69) is 45.2 Å². The van der Waals surface area contributed by atoms with Gasteiger partial charge in [0.05, 0.1) is 23.4 Å². The Bertz CT molecular complexity index is 1450. The Morgan fingerprint density at radius 2 is 1.81 bits per heavy atom. The second-order valence-corrected chi connectivity index (χ2v) is 8.03. The molecule has 0 bridgehead atoms. The van der Waals surface area contributed by atoms with E-state index in [-0.39, 0.29) is 11.5 Å². The van der Waals surface area contributed by atoms with Crippen LogP contribution in [0.3, 0.4) is 0 Å². The number of hydrogen-bond donors (Lipinski definition) is 1. The molecule has 5 aromatic rings. The minimum atomic E-state index is -0.0526. The lowest BCUT2D eigenvalue weighted by atomic mass is 9.94. The number of aromatic nitrogens is 2. The zero-order valence-electron chi connectivity index (χ0n) is 16.9. The van der Waals surface area contributed by atoms with E-state index in [0.29, 0.717) is 23.1 Å². The summed E-state index contributed by atoms with van der Waals surface area (Å²) in [6.45, 7) is 1.34. The van der Waals surface area contributed by atoms with Crippen molar-refractivity contribution in [3.8, 4) is 0 Å². The summed E-state index contributed by atoms with van der Waals surface area (Å²) in [5.41, 5.74) is 5.93. The van der Waals surface area contributed by atoms with Crippen LogP contribution in [0.1, 0.15) is 28.6 Å². The number of fused-ring (bicyclic) bond motifs is 4. The molecule has 1 atom stereocenters. The Morgan fingerprint density at radius 1 is 1.00 bits per heavy atom. The van der Waals surface area contributed by atoms with E-state index in [1.807, 2.05) is 42.6 Å². The zero-order chi connectivity index (χ0) is 20.8. The van der Waals surface area contributed by atoms with Crippen molar-refractivity contribution in [1.82, 2.24) is 14.9 Å². The zero-order valence-corrected chi connectivity index (χ0v) is 16.9. The third-order valence-electron chi connectivity index (χ3n) is 6.23. The molecule has 1 aliphatic heterocycles. The molecular formula is C26H21N3O2. The largest absolute Gasteiger partial charge is 0.464 e. The number of aromatic amines is 1. The number of hydrogen-bond acceptors (Lipinski definition) is 4. The van der Waals surface area contributed by atoms with E-state index in [1.54, 1.807) is 6.26 Å². The van der Waals surface area contributed by atoms with Crippen molar-refractivity contribution in [3.63, 3.8) is 0 Å². The van der Waals surface area contributed by atoms with E-state index in [4.69, 9.17) is 4.42 Å². The van der Waals surface area contributed by atoms with Gasteiger partial charge >= 0.3 is 0 Å². The lowest BCUT2D eigenvalue weighted by molar-refractivity contribution is 0.197. The number of nitrogens with zero attached hydrogens (tertiary/aromatic N) is 2. The maximum atomic E-state index is 13.1. The average molecular weight is 407 g/mol. The monoisotopic (exact) mass is 407 g/mol. The first-order valence-corrected chi connectivity index (χ1v) is 10.5. The van der Waals surface area contributed by atoms with Gasteiger partial charge < -0.3 is 9.40 Å². The van der Waals surface area contributed by atoms with Gasteiger partial charge in [-0.2, -0.15) is 0 Å². The van der Waals surface area contributed by atoms with E-state index in [1.165, 1.54) is 10.9 Å². The van der Waals surface area contributed by atoms with Crippen LogP contribution in [0.4, 0.5) is 0 Å². The number of nitrogens with one attached hydrogen (secondary N) is 1. The number of H-pyrrole nitrogens is 1. The molecule has 4 heterocycles. The van der Waals surface area contributed by atoms with Gasteiger partial charge in [-0.1, -0.05) is 36.4 Å². The van der Waals surface area contributed by atoms with Gasteiger partial charge in [0, 0.05) is 41.4 Å². The minimum absolute atomic E-state index is 0.0315. The quantitative estimate of drug-likeness (QED) is 0.466. The topological polar surface area (TPSA) is 62.1 Å². The molecule has 0 unspecified atom stereocenters. The highest BCUT2D eigenvalue weighted by Gasteiger charge is 2.33. The fourth-order valence-electron chi connectivity index (χ4n) is 4.78. The van der Waals surface area contributed by atoms with Crippen molar-refractivity contribution < 1.29 is 4.42 Å². The molecule has 3 aromatic heterocycles. The Morgan fingerprint density at radius 3 is 2.68 bits per heavy atom. The molecule has 0 saturated heterocycles. The second-order valence-electron chi connectivity index (χ2n) is 8.03. The summed E-state index contributed by atoms with van der Waals surface area (Å²) in [7, 11) is 0. The fourth-order valence-corrected chi connectivity index (χ4v) is 4.78. The van der Waals surface area contributed by atoms with Crippen LogP contribution in [0.15, 0.2) is 88.4 Å². The highest BCUT2D eigenvalue weighted by Crippen LogP contribution is 2.38. The lowest BCUT2D eigenvalue weighted by Crippen LogP contribution is -2.37. The summed E-state index contributed by atoms with van der Waals surface area (Å²) >= 11 is 0. The van der Waals surface area contributed by atoms with Gasteiger partial charge in [0.2, 0.25) is 0 Å². The molecule has 152 valence electrons. The molecule has 0 aliphatic carbocycles. The molecule has 0 fully saturated rings. The lowest BCUT2D eigenvalue weighted by Gasteiger charge is -2.35. The van der Waals surface area contributed by atoms with Gasteiger partial charge in [-0.25, -0.2) is 0 Å². The summed E-state index contributed by atoms with van der Waals surface area (Å²) in [6.07, 6.45) is 4.36. The highest BCUT2D eigenvalue weighted by molar-refractivity contribution is 5.85. The minimum Gasteiger partial charge on any atom is -0.464 e. The van der Waals surface area contributed by atoms with Crippen LogP contribution in [0.25, 0.3) is 21.9 Å². The third-order valence-corrected chi connectivity index (χ3v) is 6.23. The van der Waals surface area contributed by atoms with Crippen LogP contribution in [0, 0.1) is 0 Å². The third kappa shape index (κ3) is 2.97. The Kier molecular flexibility index (Phi) is 4.21. The Hall–Kier alpha value is -3.70. The van der Waals surface area contributed by atoms with Gasteiger partial charge in [-0.3, -0.25) is 14.7 Å². The summed E-state index contributed by atoms with van der Waals surface area (Å²) in [5, 5.41) is 1.89. The number of pyridine rings is 1. The second kappa shape index (κ2) is 7.22. The molecule has 6 rings (SSSR count). The molecule has 1 N–H and O–H groups in total. The van der Waals surface area contributed by atoms with Crippen molar-refractivity contribution in [1.29, 1.82) is 0 Å². The van der Waals surface area contributed by atoms with Crippen molar-refractivity contribution in [2.24, 2.45) is 0 Å². The molecule has 31 heavy (non-hydrogen) atoms. The first-order valence-electron chi connectivity index (χ1n) is 10.5. The van der Waals surface area contributed by atoms with Gasteiger partial charge in [-0.15, -0.1) is 0 Å².